The van der Waals surface area contributed by atoms with E-state index in [2.05, 4.69) is 26.0 Å². The summed E-state index contributed by atoms with van der Waals surface area (Å²) in [5.74, 6) is 1.00. The molecule has 3 N–H and O–H groups in total. The summed E-state index contributed by atoms with van der Waals surface area (Å²) in [5, 5.41) is 12.6. The lowest BCUT2D eigenvalue weighted by molar-refractivity contribution is -0.121. The Morgan fingerprint density at radius 1 is 0.810 bits per heavy atom. The largest absolute Gasteiger partial charge is 0.379 e. The van der Waals surface area contributed by atoms with Gasteiger partial charge >= 0.3 is 6.03 Å². The van der Waals surface area contributed by atoms with Crippen LogP contribution in [0, 0.1) is 0 Å². The van der Waals surface area contributed by atoms with E-state index in [4.69, 9.17) is 38.7 Å². The quantitative estimate of drug-likeness (QED) is 0.0362. The molecule has 0 bridgehead atoms. The Morgan fingerprint density at radius 3 is 1.88 bits per heavy atom. The van der Waals surface area contributed by atoms with Crippen molar-refractivity contribution in [2.24, 2.45) is 5.11 Å². The molecule has 2 heterocycles. The first-order chi connectivity index (χ1) is 20.7. The average molecular weight is 621 g/mol. The minimum atomic E-state index is -0.0609. The van der Waals surface area contributed by atoms with E-state index in [1.165, 1.54) is 0 Å². The van der Waals surface area contributed by atoms with E-state index in [0.29, 0.717) is 117 Å². The number of thioether (sulfide) groups is 1. The van der Waals surface area contributed by atoms with E-state index in [1.807, 2.05) is 11.8 Å². The van der Waals surface area contributed by atoms with Crippen molar-refractivity contribution in [1.29, 1.82) is 0 Å². The van der Waals surface area contributed by atoms with Crippen molar-refractivity contribution in [2.45, 2.75) is 43.0 Å². The van der Waals surface area contributed by atoms with Crippen LogP contribution in [0.25, 0.3) is 10.4 Å². The molecule has 0 saturated carbocycles. The van der Waals surface area contributed by atoms with Gasteiger partial charge < -0.3 is 49.1 Å². The van der Waals surface area contributed by atoms with Crippen molar-refractivity contribution in [3.05, 3.63) is 10.4 Å². The Balaban J connectivity index is 1.20. The number of amides is 3. The third-order valence-corrected chi connectivity index (χ3v) is 7.79. The Morgan fingerprint density at radius 2 is 1.33 bits per heavy atom. The number of nitrogens with zero attached hydrogens (tertiary/aromatic N) is 3. The SMILES string of the molecule is [N-]=[N+]=NCCOCCOCCOCCOCCOCCOCCOCCNC(=O)CCCC[C@@H]1SC[C@@H]2NC(=O)N[C@@H]21. The maximum Gasteiger partial charge on any atom is 0.315 e. The minimum Gasteiger partial charge on any atom is -0.379 e. The molecule has 3 atom stereocenters. The zero-order valence-corrected chi connectivity index (χ0v) is 25.3. The van der Waals surface area contributed by atoms with Crippen LogP contribution in [-0.4, -0.2) is 141 Å². The molecular weight excluding hydrogens is 572 g/mol. The van der Waals surface area contributed by atoms with Crippen LogP contribution >= 0.6 is 11.8 Å². The van der Waals surface area contributed by atoms with E-state index in [1.54, 1.807) is 0 Å². The third-order valence-electron chi connectivity index (χ3n) is 6.28. The highest BCUT2D eigenvalue weighted by atomic mass is 32.2. The lowest BCUT2D eigenvalue weighted by Gasteiger charge is -2.16. The summed E-state index contributed by atoms with van der Waals surface area (Å²) in [7, 11) is 0. The number of unbranched alkanes of at least 4 members (excludes halogenated alkanes) is 1. The van der Waals surface area contributed by atoms with Gasteiger partial charge in [-0.3, -0.25) is 4.79 Å². The van der Waals surface area contributed by atoms with Crippen LogP contribution in [0.4, 0.5) is 4.79 Å². The van der Waals surface area contributed by atoms with Gasteiger partial charge in [-0.15, -0.1) is 0 Å². The van der Waals surface area contributed by atoms with Gasteiger partial charge in [-0.1, -0.05) is 11.5 Å². The van der Waals surface area contributed by atoms with Crippen LogP contribution < -0.4 is 16.0 Å². The predicted octanol–water partition coefficient (Wildman–Crippen LogP) is 1.25. The van der Waals surface area contributed by atoms with Gasteiger partial charge in [0.25, 0.3) is 0 Å². The number of rotatable bonds is 29. The number of carbonyl (C=O) groups excluding carboxylic acids is 2. The first kappa shape index (κ1) is 36.3. The van der Waals surface area contributed by atoms with E-state index in [9.17, 15) is 9.59 Å². The Bertz CT molecular complexity index is 766. The summed E-state index contributed by atoms with van der Waals surface area (Å²) in [6.07, 6.45) is 3.34. The minimum absolute atomic E-state index is 0.0424. The molecule has 0 aromatic carbocycles. The molecule has 2 aliphatic rings. The standard InChI is InChI=1S/C26H48N6O9S/c27-32-29-6-8-36-10-12-38-14-16-40-18-20-41-19-17-39-15-13-37-11-9-35-7-5-28-24(33)4-2-1-3-23-25-22(21-42-23)30-26(34)31-25/h22-23,25H,1-21H2,(H,28,33)(H2,30,31,34)/t22-,23-,25-/m0/s1. The molecule has 2 fully saturated rings. The van der Waals surface area contributed by atoms with Crippen molar-refractivity contribution in [3.8, 4) is 0 Å². The lowest BCUT2D eigenvalue weighted by atomic mass is 10.0. The fraction of sp³-hybridized carbons (Fsp3) is 0.923. The highest BCUT2D eigenvalue weighted by Gasteiger charge is 2.42. The summed E-state index contributed by atoms with van der Waals surface area (Å²) < 4.78 is 37.8. The first-order valence-electron chi connectivity index (χ1n) is 14.7. The highest BCUT2D eigenvalue weighted by molar-refractivity contribution is 8.00. The van der Waals surface area contributed by atoms with Gasteiger partial charge in [-0.05, 0) is 18.4 Å². The number of hydrogen-bond acceptors (Lipinski definition) is 11. The van der Waals surface area contributed by atoms with Crippen LogP contribution in [0.15, 0.2) is 5.11 Å². The molecule has 42 heavy (non-hydrogen) atoms. The molecular formula is C26H48N6O9S. The number of urea groups is 1. The van der Waals surface area contributed by atoms with Crippen LogP contribution in [0.1, 0.15) is 25.7 Å². The zero-order chi connectivity index (χ0) is 29.9. The normalized spacial score (nSPS) is 19.2. The van der Waals surface area contributed by atoms with Crippen molar-refractivity contribution >= 4 is 23.7 Å². The number of hydrogen-bond donors (Lipinski definition) is 3. The van der Waals surface area contributed by atoms with Crippen LogP contribution in [0.5, 0.6) is 0 Å². The van der Waals surface area contributed by atoms with Gasteiger partial charge in [0.15, 0.2) is 0 Å². The fourth-order valence-corrected chi connectivity index (χ4v) is 5.74. The summed E-state index contributed by atoms with van der Waals surface area (Å²) in [4.78, 5) is 26.1. The molecule has 0 aromatic heterocycles. The third kappa shape index (κ3) is 18.6. The number of nitrogens with one attached hydrogen (secondary N) is 3. The van der Waals surface area contributed by atoms with Crippen molar-refractivity contribution < 1.29 is 42.7 Å². The van der Waals surface area contributed by atoms with Gasteiger partial charge in [-0.2, -0.15) is 11.8 Å². The van der Waals surface area contributed by atoms with Gasteiger partial charge in [-0.25, -0.2) is 4.79 Å². The second-order valence-electron chi connectivity index (χ2n) is 9.46. The summed E-state index contributed by atoms with van der Waals surface area (Å²) >= 11 is 1.90. The molecule has 0 aliphatic carbocycles. The van der Waals surface area contributed by atoms with Gasteiger partial charge in [0, 0.05) is 35.4 Å². The second kappa shape index (κ2) is 25.6. The van der Waals surface area contributed by atoms with Crippen LogP contribution in [0.2, 0.25) is 0 Å². The summed E-state index contributed by atoms with van der Waals surface area (Å²) in [6.45, 7) is 7.37. The molecule has 0 unspecified atom stereocenters. The fourth-order valence-electron chi connectivity index (χ4n) is 4.20. The molecule has 2 saturated heterocycles. The zero-order valence-electron chi connectivity index (χ0n) is 24.5. The topological polar surface area (TPSA) is 184 Å². The molecule has 2 aliphatic heterocycles. The Hall–Kier alpha value is -1.88. The monoisotopic (exact) mass is 620 g/mol. The van der Waals surface area contributed by atoms with Crippen molar-refractivity contribution in [1.82, 2.24) is 16.0 Å². The van der Waals surface area contributed by atoms with E-state index in [0.717, 1.165) is 25.0 Å². The predicted molar refractivity (Wildman–Crippen MR) is 157 cm³/mol. The van der Waals surface area contributed by atoms with Crippen molar-refractivity contribution in [2.75, 3.05) is 111 Å². The Labute approximate surface area is 252 Å². The summed E-state index contributed by atoms with van der Waals surface area (Å²) in [6, 6.07) is 0.411. The molecule has 0 spiro atoms. The molecule has 0 aromatic rings. The molecule has 16 heteroatoms. The van der Waals surface area contributed by atoms with Crippen molar-refractivity contribution in [3.63, 3.8) is 0 Å². The number of carbonyl (C=O) groups is 2. The summed E-state index contributed by atoms with van der Waals surface area (Å²) in [5.41, 5.74) is 8.13. The maximum atomic E-state index is 12.0. The van der Waals surface area contributed by atoms with Crippen LogP contribution in [-0.2, 0) is 38.0 Å². The smallest absolute Gasteiger partial charge is 0.315 e. The highest BCUT2D eigenvalue weighted by Crippen LogP contribution is 2.33. The van der Waals surface area contributed by atoms with Crippen LogP contribution in [0.3, 0.4) is 0 Å². The number of azide groups is 1. The maximum absolute atomic E-state index is 12.0. The first-order valence-corrected chi connectivity index (χ1v) is 15.8. The molecule has 3 amide bonds. The average Bonchev–Trinajstić information content (AvgIpc) is 3.54. The van der Waals surface area contributed by atoms with Gasteiger partial charge in [0.2, 0.25) is 5.91 Å². The second-order valence-corrected chi connectivity index (χ2v) is 10.7. The van der Waals surface area contributed by atoms with E-state index in [-0.39, 0.29) is 24.0 Å². The lowest BCUT2D eigenvalue weighted by Crippen LogP contribution is -2.36. The van der Waals surface area contributed by atoms with Gasteiger partial charge in [0.1, 0.15) is 0 Å². The van der Waals surface area contributed by atoms with E-state index >= 15 is 0 Å². The molecule has 15 nitrogen and oxygen atoms in total. The van der Waals surface area contributed by atoms with E-state index < -0.39 is 0 Å². The number of fused-ring (bicyclic) bond motifs is 1. The Kier molecular flexibility index (Phi) is 22.1. The molecule has 242 valence electrons. The van der Waals surface area contributed by atoms with Gasteiger partial charge in [0.05, 0.1) is 105 Å². The molecule has 2 rings (SSSR count). The molecule has 0 radical (unpaired) electrons. The number of ether oxygens (including phenoxy) is 7.